The summed E-state index contributed by atoms with van der Waals surface area (Å²) in [6.45, 7) is 0. The lowest BCUT2D eigenvalue weighted by atomic mass is 9.91. The first kappa shape index (κ1) is 10.9. The Morgan fingerprint density at radius 3 is 2.50 bits per heavy atom. The van der Waals surface area contributed by atoms with E-state index in [1.165, 1.54) is 48.8 Å². The van der Waals surface area contributed by atoms with Crippen LogP contribution in [0.25, 0.3) is 16.7 Å². The van der Waals surface area contributed by atoms with Crippen LogP contribution in [0.15, 0.2) is 42.0 Å². The molecule has 98 valence electrons. The Labute approximate surface area is 120 Å². The highest BCUT2D eigenvalue weighted by Crippen LogP contribution is 2.46. The molecule has 3 aliphatic carbocycles. The third-order valence-electron chi connectivity index (χ3n) is 5.33. The number of benzene rings is 2. The number of rotatable bonds is 0. The summed E-state index contributed by atoms with van der Waals surface area (Å²) in [7, 11) is 0. The molecule has 0 nitrogen and oxygen atoms in total. The maximum absolute atomic E-state index is 2.50. The molecule has 0 heteroatoms. The predicted octanol–water partition coefficient (Wildman–Crippen LogP) is 5.14. The second-order valence-corrected chi connectivity index (χ2v) is 6.47. The molecule has 0 saturated heterocycles. The van der Waals surface area contributed by atoms with Gasteiger partial charge in [-0.1, -0.05) is 35.9 Å². The predicted molar refractivity (Wildman–Crippen MR) is 83.8 cm³/mol. The Hall–Kier alpha value is -1.82. The summed E-state index contributed by atoms with van der Waals surface area (Å²) in [5, 5.41) is 0. The van der Waals surface area contributed by atoms with Crippen molar-refractivity contribution in [2.45, 2.75) is 38.5 Å². The van der Waals surface area contributed by atoms with E-state index < -0.39 is 0 Å². The van der Waals surface area contributed by atoms with Gasteiger partial charge in [0.15, 0.2) is 0 Å². The van der Waals surface area contributed by atoms with E-state index in [9.17, 15) is 0 Å². The Balaban J connectivity index is 1.72. The van der Waals surface area contributed by atoms with Crippen LogP contribution in [0, 0.1) is 0 Å². The van der Waals surface area contributed by atoms with Crippen molar-refractivity contribution < 1.29 is 0 Å². The standard InChI is InChI=1S/C20H18/c1-3-7-17-13(5-1)9-15-11-16-10-14-6-2-4-8-18(14)20(16)12-19(15)17/h1,3,5,7,11-12H,2,4,6,8-10H2. The van der Waals surface area contributed by atoms with Gasteiger partial charge in [-0.3, -0.25) is 0 Å². The zero-order chi connectivity index (χ0) is 13.1. The van der Waals surface area contributed by atoms with E-state index >= 15 is 0 Å². The molecule has 0 bridgehead atoms. The van der Waals surface area contributed by atoms with Crippen LogP contribution in [0.4, 0.5) is 0 Å². The van der Waals surface area contributed by atoms with E-state index in [4.69, 9.17) is 0 Å². The lowest BCUT2D eigenvalue weighted by molar-refractivity contribution is 0.711. The van der Waals surface area contributed by atoms with Crippen LogP contribution in [0.3, 0.4) is 0 Å². The van der Waals surface area contributed by atoms with Crippen LogP contribution in [-0.2, 0) is 12.8 Å². The molecule has 0 saturated carbocycles. The van der Waals surface area contributed by atoms with Crippen molar-refractivity contribution in [3.8, 4) is 11.1 Å². The average molecular weight is 258 g/mol. The first-order valence-corrected chi connectivity index (χ1v) is 7.85. The maximum Gasteiger partial charge on any atom is -0.00133 e. The summed E-state index contributed by atoms with van der Waals surface area (Å²) in [5.41, 5.74) is 12.6. The smallest absolute Gasteiger partial charge is 0.00133 e. The monoisotopic (exact) mass is 258 g/mol. The maximum atomic E-state index is 2.50. The van der Waals surface area contributed by atoms with Gasteiger partial charge in [-0.25, -0.2) is 0 Å². The number of hydrogen-bond acceptors (Lipinski definition) is 0. The summed E-state index contributed by atoms with van der Waals surface area (Å²) in [6, 6.07) is 13.9. The van der Waals surface area contributed by atoms with Gasteiger partial charge in [-0.05, 0) is 83.5 Å². The minimum absolute atomic E-state index is 1.13. The molecule has 5 rings (SSSR count). The van der Waals surface area contributed by atoms with E-state index in [2.05, 4.69) is 36.4 Å². The highest BCUT2D eigenvalue weighted by molar-refractivity contribution is 5.85. The van der Waals surface area contributed by atoms with Gasteiger partial charge in [0.25, 0.3) is 0 Å². The van der Waals surface area contributed by atoms with Gasteiger partial charge < -0.3 is 0 Å². The minimum Gasteiger partial charge on any atom is -0.0620 e. The Bertz CT molecular complexity index is 762. The SMILES string of the molecule is c1ccc2c(c1)Cc1cc3c(cc1-2)C1=C(CCCC1)C3. The largest absolute Gasteiger partial charge is 0.0620 e. The fraction of sp³-hybridized carbons (Fsp3) is 0.300. The zero-order valence-corrected chi connectivity index (χ0v) is 11.7. The molecule has 0 heterocycles. The first-order chi connectivity index (χ1) is 9.90. The summed E-state index contributed by atoms with van der Waals surface area (Å²) < 4.78 is 0. The molecule has 0 amide bonds. The van der Waals surface area contributed by atoms with Crippen LogP contribution in [0.2, 0.25) is 0 Å². The third kappa shape index (κ3) is 1.37. The average Bonchev–Trinajstić information content (AvgIpc) is 3.02. The molecule has 0 aromatic heterocycles. The van der Waals surface area contributed by atoms with Gasteiger partial charge in [0.1, 0.15) is 0 Å². The molecule has 0 fully saturated rings. The molecule has 2 aromatic rings. The van der Waals surface area contributed by atoms with Crippen molar-refractivity contribution in [3.05, 3.63) is 64.2 Å². The Morgan fingerprint density at radius 1 is 0.650 bits per heavy atom. The van der Waals surface area contributed by atoms with E-state index in [0.29, 0.717) is 0 Å². The Morgan fingerprint density at radius 2 is 1.50 bits per heavy atom. The second kappa shape index (κ2) is 3.85. The quantitative estimate of drug-likeness (QED) is 0.523. The first-order valence-electron chi connectivity index (χ1n) is 7.85. The van der Waals surface area contributed by atoms with Gasteiger partial charge in [0.2, 0.25) is 0 Å². The van der Waals surface area contributed by atoms with E-state index in [1.807, 2.05) is 0 Å². The summed E-state index contributed by atoms with van der Waals surface area (Å²) >= 11 is 0. The van der Waals surface area contributed by atoms with Crippen LogP contribution in [0.5, 0.6) is 0 Å². The van der Waals surface area contributed by atoms with Crippen LogP contribution < -0.4 is 0 Å². The highest BCUT2D eigenvalue weighted by atomic mass is 14.3. The van der Waals surface area contributed by atoms with E-state index in [1.54, 1.807) is 27.8 Å². The normalized spacial score (nSPS) is 18.6. The van der Waals surface area contributed by atoms with Gasteiger partial charge in [0, 0.05) is 0 Å². The number of fused-ring (bicyclic) bond motifs is 5. The molecule has 3 aliphatic rings. The topological polar surface area (TPSA) is 0 Å². The minimum atomic E-state index is 1.13. The molecular formula is C20H18. The summed E-state index contributed by atoms with van der Waals surface area (Å²) in [5.74, 6) is 0. The van der Waals surface area contributed by atoms with Gasteiger partial charge >= 0.3 is 0 Å². The summed E-state index contributed by atoms with van der Waals surface area (Å²) in [6.07, 6.45) is 7.78. The Kier molecular flexibility index (Phi) is 2.10. The van der Waals surface area contributed by atoms with Gasteiger partial charge in [-0.15, -0.1) is 0 Å². The molecule has 0 N–H and O–H groups in total. The zero-order valence-electron chi connectivity index (χ0n) is 11.7. The van der Waals surface area contributed by atoms with Crippen molar-refractivity contribution in [2.24, 2.45) is 0 Å². The molecule has 0 atom stereocenters. The molecule has 0 unspecified atom stereocenters. The molecule has 0 aliphatic heterocycles. The number of allylic oxidation sites excluding steroid dienone is 2. The van der Waals surface area contributed by atoms with Crippen LogP contribution in [-0.4, -0.2) is 0 Å². The second-order valence-electron chi connectivity index (χ2n) is 6.47. The van der Waals surface area contributed by atoms with Gasteiger partial charge in [-0.2, -0.15) is 0 Å². The summed E-state index contributed by atoms with van der Waals surface area (Å²) in [4.78, 5) is 0. The molecule has 20 heavy (non-hydrogen) atoms. The molecule has 0 radical (unpaired) electrons. The van der Waals surface area contributed by atoms with Crippen molar-refractivity contribution in [3.63, 3.8) is 0 Å². The van der Waals surface area contributed by atoms with Crippen molar-refractivity contribution >= 4 is 5.57 Å². The third-order valence-corrected chi connectivity index (χ3v) is 5.33. The lowest BCUT2D eigenvalue weighted by Crippen LogP contribution is -1.94. The van der Waals surface area contributed by atoms with Gasteiger partial charge in [0.05, 0.1) is 0 Å². The number of hydrogen-bond donors (Lipinski definition) is 0. The molecule has 2 aromatic carbocycles. The fourth-order valence-electron chi connectivity index (χ4n) is 4.38. The van der Waals surface area contributed by atoms with Crippen LogP contribution in [0.1, 0.15) is 47.9 Å². The highest BCUT2D eigenvalue weighted by Gasteiger charge is 2.27. The molecule has 0 spiro atoms. The van der Waals surface area contributed by atoms with E-state index in [0.717, 1.165) is 6.42 Å². The van der Waals surface area contributed by atoms with Crippen molar-refractivity contribution in [1.29, 1.82) is 0 Å². The van der Waals surface area contributed by atoms with Crippen molar-refractivity contribution in [2.75, 3.05) is 0 Å². The fourth-order valence-corrected chi connectivity index (χ4v) is 4.38. The van der Waals surface area contributed by atoms with Crippen molar-refractivity contribution in [1.82, 2.24) is 0 Å². The van der Waals surface area contributed by atoms with Crippen LogP contribution >= 0.6 is 0 Å². The lowest BCUT2D eigenvalue weighted by Gasteiger charge is -2.14. The van der Waals surface area contributed by atoms with E-state index in [-0.39, 0.29) is 0 Å². The molecular weight excluding hydrogens is 240 g/mol.